The van der Waals surface area contributed by atoms with Crippen molar-refractivity contribution in [1.29, 1.82) is 0 Å². The molecule has 1 N–H and O–H groups in total. The molecule has 8 nitrogen and oxygen atoms in total. The standard InChI is InChI=1S/C21H35N3O5/c1-16-13-11-9-7-6-8-10-12-14-17(25)22-19(24(5)15-18(26)28-16)23-20(27)29-21(2,3)4/h6-7,16H,8-15H2,1-5H3,(H,22,23,25,27)/b7-6+/t16-/m0/s1. The Balaban J connectivity index is 2.92. The molecule has 1 heterocycles. The number of carbonyl (C=O) groups excluding carboxylic acids is 3. The Kier molecular flexibility index (Phi) is 10.4. The maximum absolute atomic E-state index is 12.3. The van der Waals surface area contributed by atoms with Crippen LogP contribution in [-0.2, 0) is 19.1 Å². The van der Waals surface area contributed by atoms with Gasteiger partial charge in [-0.05, 0) is 66.2 Å². The molecule has 1 atom stereocenters. The van der Waals surface area contributed by atoms with Crippen LogP contribution in [-0.4, -0.2) is 54.1 Å². The van der Waals surface area contributed by atoms with Gasteiger partial charge in [0, 0.05) is 13.5 Å². The molecule has 29 heavy (non-hydrogen) atoms. The Bertz CT molecular complexity index is 622. The molecule has 0 aliphatic carbocycles. The average Bonchev–Trinajstić information content (AvgIpc) is 2.57. The fraction of sp³-hybridized carbons (Fsp3) is 0.714. The van der Waals surface area contributed by atoms with Crippen LogP contribution in [0.4, 0.5) is 4.79 Å². The Morgan fingerprint density at radius 2 is 1.86 bits per heavy atom. The Hall–Kier alpha value is -2.38. The zero-order chi connectivity index (χ0) is 21.9. The Labute approximate surface area is 173 Å². The minimum absolute atomic E-state index is 0.0296. The fourth-order valence-corrected chi connectivity index (χ4v) is 2.66. The highest BCUT2D eigenvalue weighted by atomic mass is 16.6. The van der Waals surface area contributed by atoms with Crippen molar-refractivity contribution < 1.29 is 23.9 Å². The van der Waals surface area contributed by atoms with Gasteiger partial charge < -0.3 is 14.4 Å². The first-order valence-electron chi connectivity index (χ1n) is 10.2. The lowest BCUT2D eigenvalue weighted by Crippen LogP contribution is -2.45. The summed E-state index contributed by atoms with van der Waals surface area (Å²) in [6.45, 7) is 6.88. The van der Waals surface area contributed by atoms with Crippen LogP contribution in [0.2, 0.25) is 0 Å². The fourth-order valence-electron chi connectivity index (χ4n) is 2.66. The highest BCUT2D eigenvalue weighted by Crippen LogP contribution is 2.10. The number of ether oxygens (including phenoxy) is 2. The summed E-state index contributed by atoms with van der Waals surface area (Å²) in [5, 5.41) is 2.62. The number of nitrogens with zero attached hydrogens (tertiary/aromatic N) is 2. The van der Waals surface area contributed by atoms with Crippen molar-refractivity contribution in [1.82, 2.24) is 10.2 Å². The minimum atomic E-state index is -0.836. The Morgan fingerprint density at radius 3 is 2.52 bits per heavy atom. The molecular formula is C21H35N3O5. The van der Waals surface area contributed by atoms with Crippen LogP contribution in [0.1, 0.15) is 72.6 Å². The van der Waals surface area contributed by atoms with Crippen LogP contribution in [0.25, 0.3) is 0 Å². The lowest BCUT2D eigenvalue weighted by atomic mass is 10.1. The van der Waals surface area contributed by atoms with Gasteiger partial charge in [-0.2, -0.15) is 0 Å². The second-order valence-corrected chi connectivity index (χ2v) is 8.27. The number of aliphatic imine (C=N–C) groups is 1. The predicted molar refractivity (Wildman–Crippen MR) is 111 cm³/mol. The van der Waals surface area contributed by atoms with Gasteiger partial charge in [0.2, 0.25) is 11.9 Å². The van der Waals surface area contributed by atoms with Crippen molar-refractivity contribution in [2.45, 2.75) is 84.3 Å². The van der Waals surface area contributed by atoms with Gasteiger partial charge in [0.25, 0.3) is 0 Å². The number of amides is 2. The molecule has 0 radical (unpaired) electrons. The van der Waals surface area contributed by atoms with E-state index in [2.05, 4.69) is 22.5 Å². The summed E-state index contributed by atoms with van der Waals surface area (Å²) in [5.41, 5.74) is -0.720. The first kappa shape index (κ1) is 24.7. The van der Waals surface area contributed by atoms with E-state index in [0.29, 0.717) is 6.42 Å². The smallest absolute Gasteiger partial charge is 0.437 e. The van der Waals surface area contributed by atoms with Crippen molar-refractivity contribution in [3.05, 3.63) is 12.2 Å². The summed E-state index contributed by atoms with van der Waals surface area (Å²) in [7, 11) is 1.56. The molecule has 1 aliphatic rings. The summed E-state index contributed by atoms with van der Waals surface area (Å²) >= 11 is 0. The van der Waals surface area contributed by atoms with E-state index in [4.69, 9.17) is 9.47 Å². The van der Waals surface area contributed by atoms with E-state index in [0.717, 1.165) is 38.5 Å². The number of cyclic esters (lactones) is 1. The largest absolute Gasteiger partial charge is 0.461 e. The maximum Gasteiger partial charge on any atom is 0.437 e. The van der Waals surface area contributed by atoms with Gasteiger partial charge in [0.05, 0.1) is 6.10 Å². The van der Waals surface area contributed by atoms with E-state index in [-0.39, 0.29) is 24.5 Å². The molecule has 0 fully saturated rings. The number of allylic oxidation sites excluding steroid dienone is 2. The predicted octanol–water partition coefficient (Wildman–Crippen LogP) is 3.56. The maximum atomic E-state index is 12.3. The van der Waals surface area contributed by atoms with Gasteiger partial charge >= 0.3 is 12.1 Å². The van der Waals surface area contributed by atoms with E-state index < -0.39 is 17.7 Å². The van der Waals surface area contributed by atoms with Crippen molar-refractivity contribution in [2.75, 3.05) is 13.6 Å². The van der Waals surface area contributed by atoms with Gasteiger partial charge in [-0.15, -0.1) is 4.99 Å². The number of guanidine groups is 1. The highest BCUT2D eigenvalue weighted by Gasteiger charge is 2.21. The zero-order valence-electron chi connectivity index (χ0n) is 18.3. The second-order valence-electron chi connectivity index (χ2n) is 8.27. The number of carbonyl (C=O) groups is 3. The SMILES string of the molecule is C[C@H]1CCC/C=C/CCCCC(=O)NC(=NC(=O)OC(C)(C)C)N(C)CC(=O)O1. The third-order valence-electron chi connectivity index (χ3n) is 4.08. The summed E-state index contributed by atoms with van der Waals surface area (Å²) in [6, 6.07) is 0. The molecule has 0 aromatic rings. The molecule has 8 heteroatoms. The molecule has 0 saturated heterocycles. The van der Waals surface area contributed by atoms with E-state index in [1.165, 1.54) is 4.90 Å². The lowest BCUT2D eigenvalue weighted by molar-refractivity contribution is -0.148. The molecule has 0 saturated carbocycles. The third kappa shape index (κ3) is 11.9. The first-order chi connectivity index (χ1) is 13.6. The number of nitrogens with one attached hydrogen (secondary N) is 1. The monoisotopic (exact) mass is 409 g/mol. The van der Waals surface area contributed by atoms with E-state index in [9.17, 15) is 14.4 Å². The van der Waals surface area contributed by atoms with E-state index in [1.54, 1.807) is 27.8 Å². The van der Waals surface area contributed by atoms with E-state index >= 15 is 0 Å². The molecule has 0 aromatic carbocycles. The molecular weight excluding hydrogens is 374 g/mol. The molecule has 0 aromatic heterocycles. The Morgan fingerprint density at radius 1 is 1.21 bits per heavy atom. The number of likely N-dealkylation sites (N-methyl/N-ethyl adjacent to an activating group) is 1. The molecule has 0 unspecified atom stereocenters. The number of hydrogen-bond acceptors (Lipinski definition) is 5. The van der Waals surface area contributed by atoms with Gasteiger partial charge in [0.15, 0.2) is 0 Å². The minimum Gasteiger partial charge on any atom is -0.461 e. The third-order valence-corrected chi connectivity index (χ3v) is 4.08. The second kappa shape index (κ2) is 12.2. The van der Waals surface area contributed by atoms with Gasteiger partial charge in [-0.3, -0.25) is 14.9 Å². The number of hydrogen-bond donors (Lipinski definition) is 1. The van der Waals surface area contributed by atoms with Crippen LogP contribution in [0.5, 0.6) is 0 Å². The summed E-state index contributed by atoms with van der Waals surface area (Å²) < 4.78 is 10.6. The molecule has 0 bridgehead atoms. The average molecular weight is 410 g/mol. The van der Waals surface area contributed by atoms with Crippen molar-refractivity contribution in [3.63, 3.8) is 0 Å². The van der Waals surface area contributed by atoms with Crippen LogP contribution >= 0.6 is 0 Å². The normalized spacial score (nSPS) is 23.7. The van der Waals surface area contributed by atoms with Crippen LogP contribution < -0.4 is 5.32 Å². The molecule has 2 amide bonds. The quantitative estimate of drug-likeness (QED) is 0.485. The van der Waals surface area contributed by atoms with E-state index in [1.807, 2.05) is 6.92 Å². The highest BCUT2D eigenvalue weighted by molar-refractivity contribution is 6.01. The summed E-state index contributed by atoms with van der Waals surface area (Å²) in [5.74, 6) is -0.752. The molecule has 164 valence electrons. The van der Waals surface area contributed by atoms with Crippen molar-refractivity contribution in [2.24, 2.45) is 4.99 Å². The summed E-state index contributed by atoms with van der Waals surface area (Å²) in [4.78, 5) is 41.9. The number of esters is 1. The van der Waals surface area contributed by atoms with Crippen molar-refractivity contribution in [3.8, 4) is 0 Å². The van der Waals surface area contributed by atoms with Gasteiger partial charge in [0.1, 0.15) is 12.1 Å². The van der Waals surface area contributed by atoms with Crippen molar-refractivity contribution >= 4 is 23.9 Å². The zero-order valence-corrected chi connectivity index (χ0v) is 18.3. The van der Waals surface area contributed by atoms with Crippen LogP contribution in [0.3, 0.4) is 0 Å². The van der Waals surface area contributed by atoms with Gasteiger partial charge in [-0.1, -0.05) is 12.2 Å². The first-order valence-corrected chi connectivity index (χ1v) is 10.2. The summed E-state index contributed by atoms with van der Waals surface area (Å²) in [6.07, 6.45) is 8.69. The molecule has 0 spiro atoms. The molecule has 1 rings (SSSR count). The topological polar surface area (TPSA) is 97.3 Å². The van der Waals surface area contributed by atoms with Crippen LogP contribution in [0.15, 0.2) is 17.1 Å². The number of rotatable bonds is 0. The van der Waals surface area contributed by atoms with Gasteiger partial charge in [-0.25, -0.2) is 4.79 Å². The lowest BCUT2D eigenvalue weighted by Gasteiger charge is -2.23. The molecule has 1 aliphatic heterocycles. The van der Waals surface area contributed by atoms with Crippen LogP contribution in [0, 0.1) is 0 Å².